The van der Waals surface area contributed by atoms with Crippen LogP contribution < -0.4 is 10.1 Å². The maximum Gasteiger partial charge on any atom is 0.261 e. The van der Waals surface area contributed by atoms with Crippen molar-refractivity contribution in [3.05, 3.63) is 64.2 Å². The first-order valence-electron chi connectivity index (χ1n) is 10.3. The molecule has 162 valence electrons. The quantitative estimate of drug-likeness (QED) is 0.557. The zero-order valence-corrected chi connectivity index (χ0v) is 19.0. The minimum Gasteiger partial charge on any atom is -0.484 e. The first kappa shape index (κ1) is 23.7. The summed E-state index contributed by atoms with van der Waals surface area (Å²) in [5, 5.41) is 3.49. The number of rotatable bonds is 10. The number of nitrogens with zero attached hydrogens (tertiary/aromatic N) is 1. The highest BCUT2D eigenvalue weighted by Gasteiger charge is 2.26. The van der Waals surface area contributed by atoms with Crippen molar-refractivity contribution in [3.8, 4) is 5.75 Å². The lowest BCUT2D eigenvalue weighted by Gasteiger charge is -2.29. The minimum atomic E-state index is -0.628. The maximum atomic E-state index is 13.0. The van der Waals surface area contributed by atoms with Gasteiger partial charge in [0.25, 0.3) is 5.91 Å². The van der Waals surface area contributed by atoms with Crippen LogP contribution in [0.25, 0.3) is 0 Å². The van der Waals surface area contributed by atoms with Gasteiger partial charge in [-0.25, -0.2) is 0 Å². The van der Waals surface area contributed by atoms with Crippen LogP contribution in [0.15, 0.2) is 42.5 Å². The molecule has 0 saturated heterocycles. The number of hydrogen-bond acceptors (Lipinski definition) is 3. The Hall–Kier alpha value is -2.53. The molecule has 1 unspecified atom stereocenters. The number of halogens is 1. The van der Waals surface area contributed by atoms with Crippen LogP contribution in [0.2, 0.25) is 5.02 Å². The smallest absolute Gasteiger partial charge is 0.261 e. The van der Waals surface area contributed by atoms with Crippen LogP contribution in [0, 0.1) is 13.8 Å². The summed E-state index contributed by atoms with van der Waals surface area (Å²) in [4.78, 5) is 27.2. The lowest BCUT2D eigenvalue weighted by Crippen LogP contribution is -2.49. The lowest BCUT2D eigenvalue weighted by molar-refractivity contribution is -0.142. The zero-order valence-electron chi connectivity index (χ0n) is 18.2. The van der Waals surface area contributed by atoms with E-state index in [1.807, 2.05) is 44.2 Å². The summed E-state index contributed by atoms with van der Waals surface area (Å²) in [6.07, 6.45) is 1.89. The van der Waals surface area contributed by atoms with Crippen molar-refractivity contribution in [2.24, 2.45) is 0 Å². The zero-order chi connectivity index (χ0) is 22.1. The molecular weight excluding hydrogens is 400 g/mol. The maximum absolute atomic E-state index is 13.0. The highest BCUT2D eigenvalue weighted by molar-refractivity contribution is 6.30. The predicted octanol–water partition coefficient (Wildman–Crippen LogP) is 4.67. The first-order chi connectivity index (χ1) is 14.3. The van der Waals surface area contributed by atoms with Crippen molar-refractivity contribution < 1.29 is 14.3 Å². The van der Waals surface area contributed by atoms with Gasteiger partial charge in [-0.2, -0.15) is 0 Å². The summed E-state index contributed by atoms with van der Waals surface area (Å²) in [6, 6.07) is 12.4. The van der Waals surface area contributed by atoms with E-state index in [1.165, 1.54) is 4.90 Å². The molecule has 0 aliphatic rings. The Kier molecular flexibility index (Phi) is 9.18. The van der Waals surface area contributed by atoms with Crippen LogP contribution in [0.1, 0.15) is 43.4 Å². The van der Waals surface area contributed by atoms with E-state index < -0.39 is 6.04 Å². The molecule has 0 bridgehead atoms. The van der Waals surface area contributed by atoms with E-state index in [1.54, 1.807) is 19.1 Å². The van der Waals surface area contributed by atoms with Gasteiger partial charge in [0.15, 0.2) is 6.61 Å². The Morgan fingerprint density at radius 1 is 1.13 bits per heavy atom. The second-order valence-electron chi connectivity index (χ2n) is 7.51. The van der Waals surface area contributed by atoms with E-state index >= 15 is 0 Å². The third-order valence-electron chi connectivity index (χ3n) is 5.08. The molecule has 0 saturated carbocycles. The largest absolute Gasteiger partial charge is 0.484 e. The fraction of sp³-hybridized carbons (Fsp3) is 0.417. The number of benzene rings is 2. The number of carbonyl (C=O) groups excluding carboxylic acids is 2. The summed E-state index contributed by atoms with van der Waals surface area (Å²) >= 11 is 6.10. The van der Waals surface area contributed by atoms with Gasteiger partial charge in [0.2, 0.25) is 5.91 Å². The Labute approximate surface area is 184 Å². The van der Waals surface area contributed by atoms with E-state index in [4.69, 9.17) is 16.3 Å². The van der Waals surface area contributed by atoms with E-state index in [9.17, 15) is 9.59 Å². The van der Waals surface area contributed by atoms with Crippen LogP contribution in [-0.2, 0) is 16.1 Å². The normalized spacial score (nSPS) is 11.6. The van der Waals surface area contributed by atoms with Gasteiger partial charge < -0.3 is 15.0 Å². The summed E-state index contributed by atoms with van der Waals surface area (Å²) in [7, 11) is 0. The SMILES string of the molecule is CCCCNC(=O)C(C)N(Cc1cccc(Cl)c1)C(=O)COc1ccc(C)c(C)c1. The number of ether oxygens (including phenoxy) is 1. The molecule has 1 N–H and O–H groups in total. The molecule has 2 rings (SSSR count). The number of hydrogen-bond donors (Lipinski definition) is 1. The van der Waals surface area contributed by atoms with Crippen molar-refractivity contribution in [2.45, 2.75) is 53.1 Å². The highest BCUT2D eigenvalue weighted by atomic mass is 35.5. The number of carbonyl (C=O) groups is 2. The second-order valence-corrected chi connectivity index (χ2v) is 7.94. The van der Waals surface area contributed by atoms with Crippen molar-refractivity contribution in [2.75, 3.05) is 13.2 Å². The van der Waals surface area contributed by atoms with E-state index in [2.05, 4.69) is 12.2 Å². The van der Waals surface area contributed by atoms with Crippen LogP contribution in [0.4, 0.5) is 0 Å². The summed E-state index contributed by atoms with van der Waals surface area (Å²) in [5.74, 6) is 0.200. The monoisotopic (exact) mass is 430 g/mol. The fourth-order valence-corrected chi connectivity index (χ4v) is 3.20. The molecule has 0 fully saturated rings. The molecule has 0 aromatic heterocycles. The van der Waals surface area contributed by atoms with Crippen molar-refractivity contribution in [3.63, 3.8) is 0 Å². The second kappa shape index (κ2) is 11.6. The number of unbranched alkanes of at least 4 members (excludes halogenated alkanes) is 1. The van der Waals surface area contributed by atoms with E-state index in [0.717, 1.165) is 29.5 Å². The third-order valence-corrected chi connectivity index (χ3v) is 5.31. The molecule has 0 heterocycles. The number of aryl methyl sites for hydroxylation is 2. The molecule has 0 spiro atoms. The van der Waals surface area contributed by atoms with Gasteiger partial charge in [-0.05, 0) is 68.1 Å². The molecule has 0 aliphatic carbocycles. The number of amides is 2. The van der Waals surface area contributed by atoms with E-state index in [-0.39, 0.29) is 25.0 Å². The molecule has 0 aliphatic heterocycles. The highest BCUT2D eigenvalue weighted by Crippen LogP contribution is 2.18. The Bertz CT molecular complexity index is 869. The molecule has 5 nitrogen and oxygen atoms in total. The van der Waals surface area contributed by atoms with Gasteiger partial charge in [0.1, 0.15) is 11.8 Å². The van der Waals surface area contributed by atoms with Gasteiger partial charge in [0.05, 0.1) is 0 Å². The van der Waals surface area contributed by atoms with E-state index in [0.29, 0.717) is 17.3 Å². The average Bonchev–Trinajstić information content (AvgIpc) is 2.72. The van der Waals surface area contributed by atoms with Gasteiger partial charge in [0, 0.05) is 18.1 Å². The molecule has 1 atom stereocenters. The minimum absolute atomic E-state index is 0.143. The molecule has 2 amide bonds. The molecule has 0 radical (unpaired) electrons. The molecule has 30 heavy (non-hydrogen) atoms. The van der Waals surface area contributed by atoms with Crippen LogP contribution in [0.5, 0.6) is 5.75 Å². The first-order valence-corrected chi connectivity index (χ1v) is 10.7. The van der Waals surface area contributed by atoms with Gasteiger partial charge >= 0.3 is 0 Å². The standard InChI is InChI=1S/C24H31ClN2O3/c1-5-6-12-26-24(29)19(4)27(15-20-8-7-9-21(25)14-20)23(28)16-30-22-11-10-17(2)18(3)13-22/h7-11,13-14,19H,5-6,12,15-16H2,1-4H3,(H,26,29). The average molecular weight is 431 g/mol. The van der Waals surface area contributed by atoms with Gasteiger partial charge in [-0.15, -0.1) is 0 Å². The molecule has 6 heteroatoms. The van der Waals surface area contributed by atoms with Gasteiger partial charge in [-0.3, -0.25) is 9.59 Å². The summed E-state index contributed by atoms with van der Waals surface area (Å²) in [6.45, 7) is 8.55. The van der Waals surface area contributed by atoms with Gasteiger partial charge in [-0.1, -0.05) is 43.1 Å². The Morgan fingerprint density at radius 2 is 1.90 bits per heavy atom. The lowest BCUT2D eigenvalue weighted by atomic mass is 10.1. The predicted molar refractivity (Wildman–Crippen MR) is 121 cm³/mol. The fourth-order valence-electron chi connectivity index (χ4n) is 2.98. The van der Waals surface area contributed by atoms with Crippen molar-refractivity contribution in [1.82, 2.24) is 10.2 Å². The Balaban J connectivity index is 2.12. The number of nitrogens with one attached hydrogen (secondary N) is 1. The molecule has 2 aromatic carbocycles. The summed E-state index contributed by atoms with van der Waals surface area (Å²) in [5.41, 5.74) is 3.11. The molecular formula is C24H31ClN2O3. The third kappa shape index (κ3) is 7.06. The topological polar surface area (TPSA) is 58.6 Å². The van der Waals surface area contributed by atoms with Crippen molar-refractivity contribution in [1.29, 1.82) is 0 Å². The van der Waals surface area contributed by atoms with Crippen LogP contribution >= 0.6 is 11.6 Å². The van der Waals surface area contributed by atoms with Crippen LogP contribution in [0.3, 0.4) is 0 Å². The Morgan fingerprint density at radius 3 is 2.57 bits per heavy atom. The molecule has 2 aromatic rings. The van der Waals surface area contributed by atoms with Crippen LogP contribution in [-0.4, -0.2) is 35.9 Å². The summed E-state index contributed by atoms with van der Waals surface area (Å²) < 4.78 is 5.73. The van der Waals surface area contributed by atoms with Crippen molar-refractivity contribution >= 4 is 23.4 Å².